The van der Waals surface area contributed by atoms with Crippen LogP contribution in [0.1, 0.15) is 10.4 Å². The summed E-state index contributed by atoms with van der Waals surface area (Å²) in [6.45, 7) is 1.40. The van der Waals surface area contributed by atoms with Gasteiger partial charge in [0.15, 0.2) is 5.78 Å². The largest absolute Gasteiger partial charge is 0.372 e. The Labute approximate surface area is 94.4 Å². The van der Waals surface area contributed by atoms with Crippen LogP contribution in [0.2, 0.25) is 5.02 Å². The van der Waals surface area contributed by atoms with E-state index < -0.39 is 0 Å². The molecule has 0 atom stereocenters. The monoisotopic (exact) mass is 227 g/mol. The molecule has 0 spiro atoms. The van der Waals surface area contributed by atoms with Gasteiger partial charge in [0, 0.05) is 17.1 Å². The zero-order valence-corrected chi connectivity index (χ0v) is 9.38. The summed E-state index contributed by atoms with van der Waals surface area (Å²) in [6.07, 6.45) is 0. The summed E-state index contributed by atoms with van der Waals surface area (Å²) in [7, 11) is 1.84. The Morgan fingerprint density at radius 2 is 2.07 bits per heavy atom. The number of nitrogens with one attached hydrogen (secondary N) is 1. The van der Waals surface area contributed by atoms with Crippen LogP contribution < -0.4 is 5.32 Å². The van der Waals surface area contributed by atoms with Crippen molar-refractivity contribution in [2.75, 3.05) is 26.8 Å². The first kappa shape index (κ1) is 12.2. The van der Waals surface area contributed by atoms with Gasteiger partial charge in [-0.25, -0.2) is 0 Å². The lowest BCUT2D eigenvalue weighted by Crippen LogP contribution is -2.17. The van der Waals surface area contributed by atoms with E-state index in [9.17, 15) is 4.79 Å². The zero-order valence-electron chi connectivity index (χ0n) is 8.63. The van der Waals surface area contributed by atoms with Crippen LogP contribution in [-0.4, -0.2) is 32.6 Å². The van der Waals surface area contributed by atoms with Crippen molar-refractivity contribution in [1.29, 1.82) is 0 Å². The van der Waals surface area contributed by atoms with Gasteiger partial charge in [-0.15, -0.1) is 0 Å². The summed E-state index contributed by atoms with van der Waals surface area (Å²) >= 11 is 5.71. The molecule has 0 aromatic heterocycles. The molecule has 1 N–H and O–H groups in total. The van der Waals surface area contributed by atoms with E-state index in [1.807, 2.05) is 7.05 Å². The van der Waals surface area contributed by atoms with Crippen molar-refractivity contribution in [3.63, 3.8) is 0 Å². The van der Waals surface area contributed by atoms with Gasteiger partial charge in [-0.2, -0.15) is 0 Å². The summed E-state index contributed by atoms with van der Waals surface area (Å²) in [5.41, 5.74) is 0.629. The van der Waals surface area contributed by atoms with Gasteiger partial charge in [-0.1, -0.05) is 11.6 Å². The highest BCUT2D eigenvalue weighted by Gasteiger charge is 2.04. The van der Waals surface area contributed by atoms with E-state index in [0.717, 1.165) is 6.54 Å². The van der Waals surface area contributed by atoms with E-state index in [4.69, 9.17) is 16.3 Å². The van der Waals surface area contributed by atoms with E-state index in [1.165, 1.54) is 0 Å². The normalized spacial score (nSPS) is 10.3. The predicted octanol–water partition coefficient (Wildman–Crippen LogP) is 1.76. The standard InChI is InChI=1S/C11H14ClNO2/c1-13-6-7-15-8-11(14)9-2-4-10(12)5-3-9/h2-5,13H,6-8H2,1H3. The van der Waals surface area contributed by atoms with Crippen LogP contribution in [0.5, 0.6) is 0 Å². The van der Waals surface area contributed by atoms with Crippen molar-refractivity contribution < 1.29 is 9.53 Å². The van der Waals surface area contributed by atoms with E-state index in [2.05, 4.69) is 5.32 Å². The molecule has 0 heterocycles. The van der Waals surface area contributed by atoms with Gasteiger partial charge >= 0.3 is 0 Å². The minimum atomic E-state index is -0.0252. The van der Waals surface area contributed by atoms with Crippen LogP contribution in [-0.2, 0) is 4.74 Å². The third-order valence-electron chi connectivity index (χ3n) is 1.90. The molecule has 0 saturated heterocycles. The van der Waals surface area contributed by atoms with Crippen LogP contribution in [0.3, 0.4) is 0 Å². The number of ether oxygens (including phenoxy) is 1. The first-order valence-electron chi connectivity index (χ1n) is 4.75. The Balaban J connectivity index is 2.37. The second kappa shape index (κ2) is 6.56. The van der Waals surface area contributed by atoms with E-state index >= 15 is 0 Å². The third-order valence-corrected chi connectivity index (χ3v) is 2.15. The number of hydrogen-bond donors (Lipinski definition) is 1. The number of carbonyl (C=O) groups is 1. The molecule has 1 aromatic carbocycles. The van der Waals surface area contributed by atoms with Gasteiger partial charge in [-0.3, -0.25) is 4.79 Å². The average molecular weight is 228 g/mol. The Morgan fingerprint density at radius 1 is 1.40 bits per heavy atom. The summed E-state index contributed by atoms with van der Waals surface area (Å²) in [6, 6.07) is 6.79. The highest BCUT2D eigenvalue weighted by atomic mass is 35.5. The fraction of sp³-hybridized carbons (Fsp3) is 0.364. The zero-order chi connectivity index (χ0) is 11.1. The number of hydrogen-bond acceptors (Lipinski definition) is 3. The Kier molecular flexibility index (Phi) is 5.32. The Bertz CT molecular complexity index is 311. The maximum absolute atomic E-state index is 11.5. The lowest BCUT2D eigenvalue weighted by molar-refractivity contribution is 0.0767. The molecule has 1 aromatic rings. The molecule has 0 saturated carbocycles. The van der Waals surface area contributed by atoms with E-state index in [-0.39, 0.29) is 12.4 Å². The van der Waals surface area contributed by atoms with Crippen molar-refractivity contribution in [3.05, 3.63) is 34.9 Å². The van der Waals surface area contributed by atoms with Gasteiger partial charge in [0.1, 0.15) is 6.61 Å². The first-order valence-corrected chi connectivity index (χ1v) is 5.13. The molecule has 0 aliphatic carbocycles. The van der Waals surface area contributed by atoms with Gasteiger partial charge < -0.3 is 10.1 Å². The van der Waals surface area contributed by atoms with Crippen molar-refractivity contribution in [2.24, 2.45) is 0 Å². The maximum atomic E-state index is 11.5. The smallest absolute Gasteiger partial charge is 0.188 e. The number of likely N-dealkylation sites (N-methyl/N-ethyl adjacent to an activating group) is 1. The Hall–Kier alpha value is -0.900. The van der Waals surface area contributed by atoms with Crippen LogP contribution in [0, 0.1) is 0 Å². The number of rotatable bonds is 6. The summed E-state index contributed by atoms with van der Waals surface area (Å²) in [4.78, 5) is 11.5. The lowest BCUT2D eigenvalue weighted by atomic mass is 10.1. The van der Waals surface area contributed by atoms with Gasteiger partial charge in [0.25, 0.3) is 0 Å². The van der Waals surface area contributed by atoms with Crippen molar-refractivity contribution in [3.8, 4) is 0 Å². The molecule has 0 unspecified atom stereocenters. The fourth-order valence-corrected chi connectivity index (χ4v) is 1.18. The highest BCUT2D eigenvalue weighted by molar-refractivity contribution is 6.30. The number of halogens is 1. The third kappa shape index (κ3) is 4.42. The molecular formula is C11H14ClNO2. The second-order valence-electron chi connectivity index (χ2n) is 3.09. The Morgan fingerprint density at radius 3 is 2.67 bits per heavy atom. The molecule has 4 heteroatoms. The van der Waals surface area contributed by atoms with E-state index in [0.29, 0.717) is 17.2 Å². The molecule has 3 nitrogen and oxygen atoms in total. The van der Waals surface area contributed by atoms with Crippen LogP contribution >= 0.6 is 11.6 Å². The molecule has 0 amide bonds. The average Bonchev–Trinajstić information content (AvgIpc) is 2.25. The van der Waals surface area contributed by atoms with Crippen molar-refractivity contribution in [1.82, 2.24) is 5.32 Å². The van der Waals surface area contributed by atoms with E-state index in [1.54, 1.807) is 24.3 Å². The minimum absolute atomic E-state index is 0.0252. The number of Topliss-reactive ketones (excluding diaryl/α,β-unsaturated/α-hetero) is 1. The lowest BCUT2D eigenvalue weighted by Gasteiger charge is -2.03. The molecule has 0 fully saturated rings. The van der Waals surface area contributed by atoms with Crippen LogP contribution in [0.25, 0.3) is 0 Å². The molecule has 15 heavy (non-hydrogen) atoms. The first-order chi connectivity index (χ1) is 7.24. The summed E-state index contributed by atoms with van der Waals surface area (Å²) in [5, 5.41) is 3.56. The quantitative estimate of drug-likeness (QED) is 0.595. The number of carbonyl (C=O) groups excluding carboxylic acids is 1. The fourth-order valence-electron chi connectivity index (χ4n) is 1.06. The number of benzene rings is 1. The van der Waals surface area contributed by atoms with Crippen LogP contribution in [0.15, 0.2) is 24.3 Å². The summed E-state index contributed by atoms with van der Waals surface area (Å²) < 4.78 is 5.18. The molecule has 0 radical (unpaired) electrons. The number of ketones is 1. The second-order valence-corrected chi connectivity index (χ2v) is 3.52. The topological polar surface area (TPSA) is 38.3 Å². The van der Waals surface area contributed by atoms with Crippen molar-refractivity contribution >= 4 is 17.4 Å². The molecule has 0 aliphatic rings. The minimum Gasteiger partial charge on any atom is -0.372 e. The summed E-state index contributed by atoms with van der Waals surface area (Å²) in [5.74, 6) is -0.0252. The van der Waals surface area contributed by atoms with Gasteiger partial charge in [0.2, 0.25) is 0 Å². The molecule has 82 valence electrons. The molecule has 1 rings (SSSR count). The molecule has 0 bridgehead atoms. The van der Waals surface area contributed by atoms with Gasteiger partial charge in [0.05, 0.1) is 6.61 Å². The SMILES string of the molecule is CNCCOCC(=O)c1ccc(Cl)cc1. The molecular weight excluding hydrogens is 214 g/mol. The predicted molar refractivity (Wildman–Crippen MR) is 60.5 cm³/mol. The van der Waals surface area contributed by atoms with Crippen molar-refractivity contribution in [2.45, 2.75) is 0 Å². The molecule has 0 aliphatic heterocycles. The van der Waals surface area contributed by atoms with Crippen LogP contribution in [0.4, 0.5) is 0 Å². The van der Waals surface area contributed by atoms with Gasteiger partial charge in [-0.05, 0) is 31.3 Å². The highest BCUT2D eigenvalue weighted by Crippen LogP contribution is 2.09. The maximum Gasteiger partial charge on any atom is 0.188 e.